The molecule has 0 spiro atoms. The maximum absolute atomic E-state index is 2.56. The number of benzene rings is 1. The fraction of sp³-hybridized carbons (Fsp3) is 0.600. The largest absolute Gasteiger partial charge is 0.304 e. The van der Waals surface area contributed by atoms with Crippen molar-refractivity contribution < 1.29 is 0 Å². The lowest BCUT2D eigenvalue weighted by molar-refractivity contribution is 0.192. The standard InChI is InChI=1S/C15H23N/c1-3-16-10-8-15(9-11-16)12-14-6-4-13(2)5-7-14/h4-7,15H,3,8-12H2,1-2H3. The van der Waals surface area contributed by atoms with Crippen molar-refractivity contribution in [3.05, 3.63) is 35.4 Å². The second-order valence-corrected chi connectivity index (χ2v) is 5.07. The first kappa shape index (κ1) is 11.7. The van der Waals surface area contributed by atoms with Gasteiger partial charge in [-0.1, -0.05) is 36.8 Å². The van der Waals surface area contributed by atoms with Crippen molar-refractivity contribution in [3.63, 3.8) is 0 Å². The van der Waals surface area contributed by atoms with E-state index < -0.39 is 0 Å². The molecule has 1 aromatic rings. The summed E-state index contributed by atoms with van der Waals surface area (Å²) in [5.74, 6) is 0.908. The van der Waals surface area contributed by atoms with Crippen LogP contribution in [0.4, 0.5) is 0 Å². The van der Waals surface area contributed by atoms with Gasteiger partial charge in [0.1, 0.15) is 0 Å². The van der Waals surface area contributed by atoms with Crippen molar-refractivity contribution >= 4 is 0 Å². The Morgan fingerprint density at radius 2 is 1.75 bits per heavy atom. The molecule has 16 heavy (non-hydrogen) atoms. The van der Waals surface area contributed by atoms with Crippen LogP contribution in [-0.4, -0.2) is 24.5 Å². The highest BCUT2D eigenvalue weighted by Gasteiger charge is 2.17. The molecule has 0 radical (unpaired) electrons. The van der Waals surface area contributed by atoms with Crippen LogP contribution in [0.5, 0.6) is 0 Å². The van der Waals surface area contributed by atoms with Crippen LogP contribution < -0.4 is 0 Å². The lowest BCUT2D eigenvalue weighted by Crippen LogP contribution is -2.34. The molecule has 1 heterocycles. The Hall–Kier alpha value is -0.820. The molecule has 2 rings (SSSR count). The average molecular weight is 217 g/mol. The Morgan fingerprint density at radius 3 is 2.31 bits per heavy atom. The SMILES string of the molecule is CCN1CCC(Cc2ccc(C)cc2)CC1. The minimum Gasteiger partial charge on any atom is -0.304 e. The zero-order chi connectivity index (χ0) is 11.4. The van der Waals surface area contributed by atoms with E-state index in [0.717, 1.165) is 5.92 Å². The first-order chi connectivity index (χ1) is 7.78. The number of likely N-dealkylation sites (tertiary alicyclic amines) is 1. The van der Waals surface area contributed by atoms with Crippen LogP contribution in [-0.2, 0) is 6.42 Å². The summed E-state index contributed by atoms with van der Waals surface area (Å²) in [6, 6.07) is 9.05. The number of nitrogens with zero attached hydrogens (tertiary/aromatic N) is 1. The molecule has 0 bridgehead atoms. The molecular formula is C15H23N. The highest BCUT2D eigenvalue weighted by atomic mass is 15.1. The zero-order valence-corrected chi connectivity index (χ0v) is 10.6. The van der Waals surface area contributed by atoms with Gasteiger partial charge in [-0.15, -0.1) is 0 Å². The molecule has 0 amide bonds. The molecule has 0 N–H and O–H groups in total. The van der Waals surface area contributed by atoms with Crippen molar-refractivity contribution in [3.8, 4) is 0 Å². The molecule has 0 aromatic heterocycles. The van der Waals surface area contributed by atoms with E-state index in [0.29, 0.717) is 0 Å². The highest BCUT2D eigenvalue weighted by molar-refractivity contribution is 5.21. The minimum atomic E-state index is 0.908. The smallest absolute Gasteiger partial charge is 0.00161 e. The van der Waals surface area contributed by atoms with Gasteiger partial charge in [-0.05, 0) is 57.3 Å². The van der Waals surface area contributed by atoms with Crippen molar-refractivity contribution in [1.29, 1.82) is 0 Å². The van der Waals surface area contributed by atoms with Gasteiger partial charge in [0.2, 0.25) is 0 Å². The van der Waals surface area contributed by atoms with Crippen LogP contribution >= 0.6 is 0 Å². The van der Waals surface area contributed by atoms with Gasteiger partial charge in [0.25, 0.3) is 0 Å². The van der Waals surface area contributed by atoms with Gasteiger partial charge in [0.15, 0.2) is 0 Å². The summed E-state index contributed by atoms with van der Waals surface area (Å²) in [7, 11) is 0. The zero-order valence-electron chi connectivity index (χ0n) is 10.6. The predicted molar refractivity (Wildman–Crippen MR) is 69.7 cm³/mol. The number of aryl methyl sites for hydroxylation is 1. The molecule has 0 unspecified atom stereocenters. The van der Waals surface area contributed by atoms with Crippen molar-refractivity contribution in [2.75, 3.05) is 19.6 Å². The molecule has 1 aliphatic heterocycles. The maximum Gasteiger partial charge on any atom is -0.00161 e. The van der Waals surface area contributed by atoms with Crippen molar-refractivity contribution in [2.45, 2.75) is 33.1 Å². The molecule has 1 heteroatoms. The Kier molecular flexibility index (Phi) is 4.00. The molecular weight excluding hydrogens is 194 g/mol. The third-order valence-electron chi connectivity index (χ3n) is 3.80. The third-order valence-corrected chi connectivity index (χ3v) is 3.80. The van der Waals surface area contributed by atoms with E-state index in [1.54, 1.807) is 0 Å². The third kappa shape index (κ3) is 3.08. The number of hydrogen-bond acceptors (Lipinski definition) is 1. The Labute approximate surface area is 99.5 Å². The topological polar surface area (TPSA) is 3.24 Å². The van der Waals surface area contributed by atoms with Crippen LogP contribution in [0.3, 0.4) is 0 Å². The summed E-state index contributed by atoms with van der Waals surface area (Å²) < 4.78 is 0. The van der Waals surface area contributed by atoms with Crippen LogP contribution in [0, 0.1) is 12.8 Å². The second-order valence-electron chi connectivity index (χ2n) is 5.07. The minimum absolute atomic E-state index is 0.908. The monoisotopic (exact) mass is 217 g/mol. The summed E-state index contributed by atoms with van der Waals surface area (Å²) in [5, 5.41) is 0. The first-order valence-corrected chi connectivity index (χ1v) is 6.56. The average Bonchev–Trinajstić information content (AvgIpc) is 2.33. The second kappa shape index (κ2) is 5.49. The van der Waals surface area contributed by atoms with Gasteiger partial charge in [-0.2, -0.15) is 0 Å². The summed E-state index contributed by atoms with van der Waals surface area (Å²) >= 11 is 0. The summed E-state index contributed by atoms with van der Waals surface area (Å²) in [6.45, 7) is 8.24. The van der Waals surface area contributed by atoms with Gasteiger partial charge in [0, 0.05) is 0 Å². The summed E-state index contributed by atoms with van der Waals surface area (Å²) in [6.07, 6.45) is 4.03. The molecule has 1 aliphatic rings. The quantitative estimate of drug-likeness (QED) is 0.751. The Balaban J connectivity index is 1.84. The van der Waals surface area contributed by atoms with Crippen LogP contribution in [0.2, 0.25) is 0 Å². The van der Waals surface area contributed by atoms with Gasteiger partial charge in [-0.3, -0.25) is 0 Å². The van der Waals surface area contributed by atoms with E-state index in [4.69, 9.17) is 0 Å². The Morgan fingerprint density at radius 1 is 1.12 bits per heavy atom. The lowest BCUT2D eigenvalue weighted by atomic mass is 9.90. The normalized spacial score (nSPS) is 18.9. The number of rotatable bonds is 3. The molecule has 0 aliphatic carbocycles. The van der Waals surface area contributed by atoms with Gasteiger partial charge in [0.05, 0.1) is 0 Å². The summed E-state index contributed by atoms with van der Waals surface area (Å²) in [5.41, 5.74) is 2.88. The molecule has 88 valence electrons. The molecule has 1 aromatic carbocycles. The van der Waals surface area contributed by atoms with Crippen LogP contribution in [0.15, 0.2) is 24.3 Å². The molecule has 1 saturated heterocycles. The lowest BCUT2D eigenvalue weighted by Gasteiger charge is -2.31. The van der Waals surface area contributed by atoms with Gasteiger partial charge >= 0.3 is 0 Å². The van der Waals surface area contributed by atoms with Crippen molar-refractivity contribution in [1.82, 2.24) is 4.90 Å². The highest BCUT2D eigenvalue weighted by Crippen LogP contribution is 2.21. The molecule has 1 fully saturated rings. The van der Waals surface area contributed by atoms with E-state index in [1.165, 1.54) is 50.0 Å². The van der Waals surface area contributed by atoms with Crippen molar-refractivity contribution in [2.24, 2.45) is 5.92 Å². The van der Waals surface area contributed by atoms with E-state index in [-0.39, 0.29) is 0 Å². The molecule has 0 saturated carbocycles. The van der Waals surface area contributed by atoms with E-state index in [9.17, 15) is 0 Å². The Bertz CT molecular complexity index is 307. The van der Waals surface area contributed by atoms with E-state index in [2.05, 4.69) is 43.0 Å². The molecule has 1 nitrogen and oxygen atoms in total. The number of hydrogen-bond donors (Lipinski definition) is 0. The van der Waals surface area contributed by atoms with E-state index >= 15 is 0 Å². The fourth-order valence-electron chi connectivity index (χ4n) is 2.56. The fourth-order valence-corrected chi connectivity index (χ4v) is 2.56. The number of piperidine rings is 1. The maximum atomic E-state index is 2.56. The molecule has 0 atom stereocenters. The predicted octanol–water partition coefficient (Wildman–Crippen LogP) is 3.27. The van der Waals surface area contributed by atoms with Gasteiger partial charge in [-0.25, -0.2) is 0 Å². The van der Waals surface area contributed by atoms with Crippen LogP contribution in [0.1, 0.15) is 30.9 Å². The van der Waals surface area contributed by atoms with Crippen LogP contribution in [0.25, 0.3) is 0 Å². The first-order valence-electron chi connectivity index (χ1n) is 6.56. The summed E-state index contributed by atoms with van der Waals surface area (Å²) in [4.78, 5) is 2.56. The van der Waals surface area contributed by atoms with E-state index in [1.807, 2.05) is 0 Å². The van der Waals surface area contributed by atoms with Gasteiger partial charge < -0.3 is 4.90 Å².